The SMILES string of the molecule is CC1(C)CCCCC1C(O)C(CN)c1cccc(Cl)c1. The van der Waals surface area contributed by atoms with E-state index >= 15 is 0 Å². The van der Waals surface area contributed by atoms with Crippen LogP contribution in [-0.2, 0) is 0 Å². The summed E-state index contributed by atoms with van der Waals surface area (Å²) < 4.78 is 0. The molecule has 2 nitrogen and oxygen atoms in total. The molecule has 1 aliphatic carbocycles. The largest absolute Gasteiger partial charge is 0.392 e. The maximum absolute atomic E-state index is 10.9. The van der Waals surface area contributed by atoms with Crippen molar-refractivity contribution in [3.8, 4) is 0 Å². The summed E-state index contributed by atoms with van der Waals surface area (Å²) in [6.07, 6.45) is 4.35. The lowest BCUT2D eigenvalue weighted by molar-refractivity contribution is -0.00894. The summed E-state index contributed by atoms with van der Waals surface area (Å²) in [4.78, 5) is 0. The van der Waals surface area contributed by atoms with Gasteiger partial charge in [0.25, 0.3) is 0 Å². The number of hydrogen-bond acceptors (Lipinski definition) is 2. The van der Waals surface area contributed by atoms with Crippen LogP contribution in [0.1, 0.15) is 51.0 Å². The summed E-state index contributed by atoms with van der Waals surface area (Å²) in [5, 5.41) is 11.6. The minimum Gasteiger partial charge on any atom is -0.392 e. The summed E-state index contributed by atoms with van der Waals surface area (Å²) in [5.41, 5.74) is 7.18. The Hall–Kier alpha value is -0.570. The minimum atomic E-state index is -0.395. The van der Waals surface area contributed by atoms with E-state index < -0.39 is 6.10 Å². The molecule has 0 aliphatic heterocycles. The summed E-state index contributed by atoms with van der Waals surface area (Å²) in [5.74, 6) is 0.278. The molecule has 0 radical (unpaired) electrons. The van der Waals surface area contributed by atoms with Crippen LogP contribution in [0.2, 0.25) is 5.02 Å². The van der Waals surface area contributed by atoms with Crippen LogP contribution in [0.3, 0.4) is 0 Å². The van der Waals surface area contributed by atoms with Gasteiger partial charge in [-0.3, -0.25) is 0 Å². The molecule has 3 heteroatoms. The van der Waals surface area contributed by atoms with Gasteiger partial charge in [-0.2, -0.15) is 0 Å². The summed E-state index contributed by atoms with van der Waals surface area (Å²) in [6, 6.07) is 7.73. The third-order valence-corrected chi connectivity index (χ3v) is 5.18. The van der Waals surface area contributed by atoms with Gasteiger partial charge in [-0.15, -0.1) is 0 Å². The number of rotatable bonds is 4. The van der Waals surface area contributed by atoms with E-state index in [0.717, 1.165) is 12.0 Å². The van der Waals surface area contributed by atoms with Crippen molar-refractivity contribution in [2.75, 3.05) is 6.54 Å². The smallest absolute Gasteiger partial charge is 0.0654 e. The number of halogens is 1. The van der Waals surface area contributed by atoms with Crippen molar-refractivity contribution < 1.29 is 5.11 Å². The molecule has 3 atom stereocenters. The van der Waals surface area contributed by atoms with Gasteiger partial charge in [0.2, 0.25) is 0 Å². The Bertz CT molecular complexity index is 446. The van der Waals surface area contributed by atoms with E-state index in [1.165, 1.54) is 19.3 Å². The predicted molar refractivity (Wildman–Crippen MR) is 85.0 cm³/mol. The van der Waals surface area contributed by atoms with Crippen LogP contribution < -0.4 is 5.73 Å². The van der Waals surface area contributed by atoms with Gasteiger partial charge in [-0.1, -0.05) is 50.4 Å². The molecule has 0 amide bonds. The van der Waals surface area contributed by atoms with Crippen LogP contribution in [0.25, 0.3) is 0 Å². The molecule has 0 aromatic heterocycles. The fraction of sp³-hybridized carbons (Fsp3) is 0.647. The third-order valence-electron chi connectivity index (χ3n) is 4.95. The van der Waals surface area contributed by atoms with Gasteiger partial charge in [0, 0.05) is 17.5 Å². The topological polar surface area (TPSA) is 46.2 Å². The lowest BCUT2D eigenvalue weighted by atomic mass is 9.64. The highest BCUT2D eigenvalue weighted by Crippen LogP contribution is 2.45. The number of aliphatic hydroxyl groups excluding tert-OH is 1. The van der Waals surface area contributed by atoms with Crippen molar-refractivity contribution >= 4 is 11.6 Å². The van der Waals surface area contributed by atoms with Gasteiger partial charge in [0.05, 0.1) is 6.10 Å². The fourth-order valence-electron chi connectivity index (χ4n) is 3.64. The first kappa shape index (κ1) is 15.8. The molecule has 0 spiro atoms. The molecule has 20 heavy (non-hydrogen) atoms. The molecule has 0 saturated heterocycles. The van der Waals surface area contributed by atoms with E-state index in [1.807, 2.05) is 24.3 Å². The predicted octanol–water partition coefficient (Wildman–Crippen LogP) is 3.96. The second-order valence-corrected chi connectivity index (χ2v) is 7.17. The molecule has 0 bridgehead atoms. The Balaban J connectivity index is 2.22. The van der Waals surface area contributed by atoms with Crippen LogP contribution in [0.4, 0.5) is 0 Å². The Morgan fingerprint density at radius 1 is 1.40 bits per heavy atom. The van der Waals surface area contributed by atoms with Crippen LogP contribution in [-0.4, -0.2) is 17.8 Å². The number of nitrogens with two attached hydrogens (primary N) is 1. The standard InChI is InChI=1S/C17H26ClNO/c1-17(2)9-4-3-8-15(17)16(20)14(11-19)12-6-5-7-13(18)10-12/h5-7,10,14-16,20H,3-4,8-9,11,19H2,1-2H3. The molecule has 1 aliphatic rings. The normalized spacial score (nSPS) is 25.1. The van der Waals surface area contributed by atoms with Crippen LogP contribution in [0.5, 0.6) is 0 Å². The Kier molecular flexibility index (Phi) is 5.11. The first-order valence-corrected chi connectivity index (χ1v) is 7.97. The van der Waals surface area contributed by atoms with E-state index in [1.54, 1.807) is 0 Å². The lowest BCUT2D eigenvalue weighted by Crippen LogP contribution is -2.41. The second-order valence-electron chi connectivity index (χ2n) is 6.73. The zero-order valence-electron chi connectivity index (χ0n) is 12.5. The second kappa shape index (κ2) is 6.46. The highest BCUT2D eigenvalue weighted by Gasteiger charge is 2.39. The molecule has 112 valence electrons. The molecule has 1 saturated carbocycles. The number of hydrogen-bond donors (Lipinski definition) is 2. The highest BCUT2D eigenvalue weighted by atomic mass is 35.5. The van der Waals surface area contributed by atoms with Gasteiger partial charge < -0.3 is 10.8 Å². The zero-order chi connectivity index (χ0) is 14.8. The van der Waals surface area contributed by atoms with Crippen molar-refractivity contribution in [2.45, 2.75) is 51.6 Å². The van der Waals surface area contributed by atoms with Crippen LogP contribution in [0, 0.1) is 11.3 Å². The average molecular weight is 296 g/mol. The van der Waals surface area contributed by atoms with Gasteiger partial charge in [-0.25, -0.2) is 0 Å². The molecular formula is C17H26ClNO. The summed E-state index contributed by atoms with van der Waals surface area (Å²) in [6.45, 7) is 4.99. The van der Waals surface area contributed by atoms with Gasteiger partial charge in [0.15, 0.2) is 0 Å². The van der Waals surface area contributed by atoms with Gasteiger partial charge in [0.1, 0.15) is 0 Å². The molecule has 2 rings (SSSR count). The first-order valence-electron chi connectivity index (χ1n) is 7.59. The van der Waals surface area contributed by atoms with Crippen molar-refractivity contribution in [1.82, 2.24) is 0 Å². The Morgan fingerprint density at radius 2 is 2.15 bits per heavy atom. The van der Waals surface area contributed by atoms with Gasteiger partial charge in [-0.05, 0) is 41.9 Å². The van der Waals surface area contributed by atoms with E-state index in [4.69, 9.17) is 17.3 Å². The van der Waals surface area contributed by atoms with E-state index in [-0.39, 0.29) is 11.3 Å². The van der Waals surface area contributed by atoms with Crippen LogP contribution >= 0.6 is 11.6 Å². The molecule has 0 heterocycles. The fourth-order valence-corrected chi connectivity index (χ4v) is 3.84. The number of aliphatic hydroxyl groups is 1. The minimum absolute atomic E-state index is 0.0314. The van der Waals surface area contributed by atoms with E-state index in [0.29, 0.717) is 17.5 Å². The summed E-state index contributed by atoms with van der Waals surface area (Å²) >= 11 is 6.07. The number of benzene rings is 1. The van der Waals surface area contributed by atoms with E-state index in [9.17, 15) is 5.11 Å². The van der Waals surface area contributed by atoms with Crippen molar-refractivity contribution in [3.63, 3.8) is 0 Å². The maximum atomic E-state index is 10.9. The van der Waals surface area contributed by atoms with Crippen LogP contribution in [0.15, 0.2) is 24.3 Å². The van der Waals surface area contributed by atoms with Crippen molar-refractivity contribution in [3.05, 3.63) is 34.9 Å². The summed E-state index contributed by atoms with van der Waals surface area (Å²) in [7, 11) is 0. The molecule has 3 unspecified atom stereocenters. The monoisotopic (exact) mass is 295 g/mol. The lowest BCUT2D eigenvalue weighted by Gasteiger charge is -2.43. The van der Waals surface area contributed by atoms with Gasteiger partial charge >= 0.3 is 0 Å². The van der Waals surface area contributed by atoms with E-state index in [2.05, 4.69) is 13.8 Å². The quantitative estimate of drug-likeness (QED) is 0.883. The highest BCUT2D eigenvalue weighted by molar-refractivity contribution is 6.30. The third kappa shape index (κ3) is 3.36. The Labute approximate surface area is 127 Å². The van der Waals surface area contributed by atoms with Crippen molar-refractivity contribution in [2.24, 2.45) is 17.1 Å². The van der Waals surface area contributed by atoms with Crippen molar-refractivity contribution in [1.29, 1.82) is 0 Å². The average Bonchev–Trinajstić information content (AvgIpc) is 2.39. The maximum Gasteiger partial charge on any atom is 0.0654 e. The molecule has 3 N–H and O–H groups in total. The molecular weight excluding hydrogens is 270 g/mol. The zero-order valence-corrected chi connectivity index (χ0v) is 13.2. The molecule has 1 aromatic rings. The Morgan fingerprint density at radius 3 is 2.75 bits per heavy atom. The first-order chi connectivity index (χ1) is 9.45. The molecule has 1 aromatic carbocycles. The molecule has 1 fully saturated rings.